The molecule has 6 nitrogen and oxygen atoms in total. The highest BCUT2D eigenvalue weighted by Gasteiger charge is 2.22. The number of amides is 3. The molecule has 1 N–H and O–H groups in total. The molecule has 1 fully saturated rings. The highest BCUT2D eigenvalue weighted by Crippen LogP contribution is 2.13. The van der Waals surface area contributed by atoms with Crippen LogP contribution in [-0.4, -0.2) is 61.1 Å². The Morgan fingerprint density at radius 3 is 2.29 bits per heavy atom. The number of rotatable bonds is 5. The SMILES string of the molecule is CCNC(=O)N1CCN(C(=O)/C=C/c2ccc(OCC)cc2)CC1. The number of urea groups is 1. The van der Waals surface area contributed by atoms with E-state index in [1.165, 1.54) is 0 Å². The lowest BCUT2D eigenvalue weighted by molar-refractivity contribution is -0.127. The van der Waals surface area contributed by atoms with E-state index < -0.39 is 0 Å². The number of carbonyl (C=O) groups is 2. The Balaban J connectivity index is 1.83. The molecular formula is C18H25N3O3. The molecular weight excluding hydrogens is 306 g/mol. The van der Waals surface area contributed by atoms with E-state index in [0.29, 0.717) is 39.3 Å². The van der Waals surface area contributed by atoms with E-state index in [1.54, 1.807) is 22.0 Å². The van der Waals surface area contributed by atoms with Gasteiger partial charge in [-0.05, 0) is 37.6 Å². The molecule has 1 heterocycles. The standard InChI is InChI=1S/C18H25N3O3/c1-3-19-18(23)21-13-11-20(12-14-21)17(22)10-7-15-5-8-16(9-6-15)24-4-2/h5-10H,3-4,11-14H2,1-2H3,(H,19,23)/b10-7+. The molecule has 1 saturated heterocycles. The maximum absolute atomic E-state index is 12.2. The van der Waals surface area contributed by atoms with Crippen molar-refractivity contribution in [2.24, 2.45) is 0 Å². The monoisotopic (exact) mass is 331 g/mol. The Kier molecular flexibility index (Phi) is 6.66. The number of hydrogen-bond acceptors (Lipinski definition) is 3. The molecule has 0 spiro atoms. The molecule has 0 radical (unpaired) electrons. The van der Waals surface area contributed by atoms with Crippen molar-refractivity contribution in [1.82, 2.24) is 15.1 Å². The first-order chi connectivity index (χ1) is 11.6. The Morgan fingerprint density at radius 2 is 1.71 bits per heavy atom. The Morgan fingerprint density at radius 1 is 1.08 bits per heavy atom. The van der Waals surface area contributed by atoms with Gasteiger partial charge in [0.1, 0.15) is 5.75 Å². The zero-order chi connectivity index (χ0) is 17.4. The summed E-state index contributed by atoms with van der Waals surface area (Å²) in [5, 5.41) is 2.78. The molecule has 24 heavy (non-hydrogen) atoms. The van der Waals surface area contributed by atoms with Crippen molar-refractivity contribution in [3.63, 3.8) is 0 Å². The van der Waals surface area contributed by atoms with E-state index in [-0.39, 0.29) is 11.9 Å². The zero-order valence-electron chi connectivity index (χ0n) is 14.3. The first-order valence-electron chi connectivity index (χ1n) is 8.36. The topological polar surface area (TPSA) is 61.9 Å². The molecule has 0 unspecified atom stereocenters. The van der Waals surface area contributed by atoms with E-state index in [0.717, 1.165) is 11.3 Å². The third kappa shape index (κ3) is 5.01. The molecule has 3 amide bonds. The normalized spacial score (nSPS) is 14.8. The van der Waals surface area contributed by atoms with Gasteiger partial charge in [-0.1, -0.05) is 12.1 Å². The molecule has 6 heteroatoms. The van der Waals surface area contributed by atoms with Gasteiger partial charge in [-0.15, -0.1) is 0 Å². The lowest BCUT2D eigenvalue weighted by Gasteiger charge is -2.34. The minimum atomic E-state index is -0.0606. The van der Waals surface area contributed by atoms with Gasteiger partial charge in [-0.25, -0.2) is 4.79 Å². The van der Waals surface area contributed by atoms with Gasteiger partial charge in [0.2, 0.25) is 5.91 Å². The predicted molar refractivity (Wildman–Crippen MR) is 93.9 cm³/mol. The van der Waals surface area contributed by atoms with Gasteiger partial charge in [-0.3, -0.25) is 4.79 Å². The third-order valence-electron chi connectivity index (χ3n) is 3.82. The quantitative estimate of drug-likeness (QED) is 0.839. The molecule has 1 aromatic carbocycles. The molecule has 130 valence electrons. The van der Waals surface area contributed by atoms with Crippen LogP contribution < -0.4 is 10.1 Å². The van der Waals surface area contributed by atoms with Crippen molar-refractivity contribution in [3.05, 3.63) is 35.9 Å². The van der Waals surface area contributed by atoms with Crippen LogP contribution in [0.5, 0.6) is 5.75 Å². The summed E-state index contributed by atoms with van der Waals surface area (Å²) in [6.07, 6.45) is 3.38. The molecule has 1 aliphatic heterocycles. The van der Waals surface area contributed by atoms with Crippen molar-refractivity contribution in [1.29, 1.82) is 0 Å². The van der Waals surface area contributed by atoms with E-state index >= 15 is 0 Å². The molecule has 0 aliphatic carbocycles. The number of nitrogens with zero attached hydrogens (tertiary/aromatic N) is 2. The summed E-state index contributed by atoms with van der Waals surface area (Å²) in [5.74, 6) is 0.793. The van der Waals surface area contributed by atoms with Crippen molar-refractivity contribution < 1.29 is 14.3 Å². The summed E-state index contributed by atoms with van der Waals surface area (Å²) in [5.41, 5.74) is 0.952. The summed E-state index contributed by atoms with van der Waals surface area (Å²) >= 11 is 0. The zero-order valence-corrected chi connectivity index (χ0v) is 14.3. The maximum Gasteiger partial charge on any atom is 0.317 e. The molecule has 0 saturated carbocycles. The van der Waals surface area contributed by atoms with E-state index in [1.807, 2.05) is 38.1 Å². The second-order valence-electron chi connectivity index (χ2n) is 5.48. The van der Waals surface area contributed by atoms with Gasteiger partial charge < -0.3 is 19.9 Å². The lowest BCUT2D eigenvalue weighted by Crippen LogP contribution is -2.52. The number of nitrogens with one attached hydrogen (secondary N) is 1. The van der Waals surface area contributed by atoms with Crippen LogP contribution in [0.1, 0.15) is 19.4 Å². The second kappa shape index (κ2) is 8.96. The van der Waals surface area contributed by atoms with E-state index in [9.17, 15) is 9.59 Å². The molecule has 0 aromatic heterocycles. The van der Waals surface area contributed by atoms with Gasteiger partial charge in [0, 0.05) is 38.8 Å². The summed E-state index contributed by atoms with van der Waals surface area (Å²) in [4.78, 5) is 27.5. The van der Waals surface area contributed by atoms with Crippen molar-refractivity contribution in [2.75, 3.05) is 39.3 Å². The summed E-state index contributed by atoms with van der Waals surface area (Å²) in [7, 11) is 0. The van der Waals surface area contributed by atoms with Gasteiger partial charge >= 0.3 is 6.03 Å². The largest absolute Gasteiger partial charge is 0.494 e. The fourth-order valence-electron chi connectivity index (χ4n) is 2.51. The van der Waals surface area contributed by atoms with Crippen LogP contribution in [0.15, 0.2) is 30.3 Å². The van der Waals surface area contributed by atoms with Crippen molar-refractivity contribution in [2.45, 2.75) is 13.8 Å². The minimum Gasteiger partial charge on any atom is -0.494 e. The fourth-order valence-corrected chi connectivity index (χ4v) is 2.51. The van der Waals surface area contributed by atoms with Crippen LogP contribution in [0.2, 0.25) is 0 Å². The Hall–Kier alpha value is -2.50. The Bertz CT molecular complexity index is 576. The van der Waals surface area contributed by atoms with Crippen molar-refractivity contribution in [3.8, 4) is 5.75 Å². The summed E-state index contributed by atoms with van der Waals surface area (Å²) in [6.45, 7) is 7.33. The smallest absolute Gasteiger partial charge is 0.317 e. The van der Waals surface area contributed by atoms with E-state index in [4.69, 9.17) is 4.74 Å². The number of carbonyl (C=O) groups excluding carboxylic acids is 2. The van der Waals surface area contributed by atoms with Crippen LogP contribution >= 0.6 is 0 Å². The van der Waals surface area contributed by atoms with Crippen LogP contribution in [0, 0.1) is 0 Å². The second-order valence-corrected chi connectivity index (χ2v) is 5.48. The minimum absolute atomic E-state index is 0.0283. The van der Waals surface area contributed by atoms with Gasteiger partial charge in [0.05, 0.1) is 6.61 Å². The third-order valence-corrected chi connectivity index (χ3v) is 3.82. The molecule has 0 atom stereocenters. The number of hydrogen-bond donors (Lipinski definition) is 1. The predicted octanol–water partition coefficient (Wildman–Crippen LogP) is 1.97. The van der Waals surface area contributed by atoms with Crippen LogP contribution in [-0.2, 0) is 4.79 Å². The van der Waals surface area contributed by atoms with Crippen LogP contribution in [0.4, 0.5) is 4.79 Å². The van der Waals surface area contributed by atoms with Gasteiger partial charge in [0.25, 0.3) is 0 Å². The van der Waals surface area contributed by atoms with Crippen LogP contribution in [0.25, 0.3) is 6.08 Å². The number of piperazine rings is 1. The average molecular weight is 331 g/mol. The lowest BCUT2D eigenvalue weighted by atomic mass is 10.2. The highest BCUT2D eigenvalue weighted by atomic mass is 16.5. The molecule has 1 aromatic rings. The van der Waals surface area contributed by atoms with E-state index in [2.05, 4.69) is 5.32 Å². The molecule has 2 rings (SSSR count). The first-order valence-corrected chi connectivity index (χ1v) is 8.36. The molecule has 0 bridgehead atoms. The number of benzene rings is 1. The van der Waals surface area contributed by atoms with Crippen molar-refractivity contribution >= 4 is 18.0 Å². The first kappa shape index (κ1) is 17.8. The van der Waals surface area contributed by atoms with Crippen LogP contribution in [0.3, 0.4) is 0 Å². The molecule has 1 aliphatic rings. The Labute approximate surface area is 143 Å². The fraction of sp³-hybridized carbons (Fsp3) is 0.444. The highest BCUT2D eigenvalue weighted by molar-refractivity contribution is 5.92. The number of ether oxygens (including phenoxy) is 1. The summed E-state index contributed by atoms with van der Waals surface area (Å²) in [6, 6.07) is 7.55. The summed E-state index contributed by atoms with van der Waals surface area (Å²) < 4.78 is 5.39. The maximum atomic E-state index is 12.2. The average Bonchev–Trinajstić information content (AvgIpc) is 2.61. The van der Waals surface area contributed by atoms with Gasteiger partial charge in [0.15, 0.2) is 0 Å². The van der Waals surface area contributed by atoms with Gasteiger partial charge in [-0.2, -0.15) is 0 Å².